The van der Waals surface area contributed by atoms with Crippen molar-refractivity contribution in [3.05, 3.63) is 100 Å². The molecule has 6 heterocycles. The summed E-state index contributed by atoms with van der Waals surface area (Å²) in [5.74, 6) is 0.246. The Kier molecular flexibility index (Phi) is 10.9. The van der Waals surface area contributed by atoms with E-state index in [2.05, 4.69) is 86.9 Å². The van der Waals surface area contributed by atoms with Crippen LogP contribution in [0.4, 0.5) is 22.9 Å². The number of carbonyl (C=O) groups is 2. The zero-order chi connectivity index (χ0) is 40.5. The van der Waals surface area contributed by atoms with Crippen molar-refractivity contribution in [3.63, 3.8) is 0 Å². The number of amides is 2. The van der Waals surface area contributed by atoms with Gasteiger partial charge in [0.1, 0.15) is 5.49 Å². The molecule has 14 nitrogen and oxygen atoms in total. The van der Waals surface area contributed by atoms with Gasteiger partial charge in [0.05, 0.1) is 23.2 Å². The predicted octanol–water partition coefficient (Wildman–Crippen LogP) is 2.89. The number of piperazine rings is 2. The number of nitrogens with zero attached hydrogens (tertiary/aromatic N) is 10. The molecule has 1 saturated carbocycles. The summed E-state index contributed by atoms with van der Waals surface area (Å²) in [6.45, 7) is 8.46. The molecule has 1 N–H and O–H groups in total. The van der Waals surface area contributed by atoms with Crippen LogP contribution in [-0.2, 0) is 16.1 Å². The molecule has 2 aromatic heterocycles. The lowest BCUT2D eigenvalue weighted by molar-refractivity contribution is -0.269. The van der Waals surface area contributed by atoms with Gasteiger partial charge in [-0.3, -0.25) is 19.8 Å². The van der Waals surface area contributed by atoms with E-state index in [-0.39, 0.29) is 29.7 Å². The average molecular weight is 795 g/mol. The first kappa shape index (κ1) is 38.5. The van der Waals surface area contributed by atoms with Crippen LogP contribution in [-0.4, -0.2) is 110 Å². The summed E-state index contributed by atoms with van der Waals surface area (Å²) in [4.78, 5) is 53.9. The lowest BCUT2D eigenvalue weighted by atomic mass is 9.90. The quantitative estimate of drug-likeness (QED) is 0.254. The van der Waals surface area contributed by atoms with Crippen molar-refractivity contribution in [2.45, 2.75) is 57.0 Å². The number of nitrogens with one attached hydrogen (secondary N) is 1. The van der Waals surface area contributed by atoms with Gasteiger partial charge in [-0.05, 0) is 78.7 Å². The summed E-state index contributed by atoms with van der Waals surface area (Å²) in [5, 5.41) is 16.2. The number of pyridine rings is 1. The summed E-state index contributed by atoms with van der Waals surface area (Å²) in [6.07, 6.45) is 8.99. The number of piperidine rings is 1. The lowest BCUT2D eigenvalue weighted by Crippen LogP contribution is -2.46. The highest BCUT2D eigenvalue weighted by atomic mass is 16.3. The Morgan fingerprint density at radius 2 is 1.44 bits per heavy atom. The van der Waals surface area contributed by atoms with Crippen LogP contribution >= 0.6 is 0 Å². The number of imide groups is 1. The summed E-state index contributed by atoms with van der Waals surface area (Å²) in [6, 6.07) is 23.5. The lowest BCUT2D eigenvalue weighted by Gasteiger charge is -2.38. The van der Waals surface area contributed by atoms with Crippen molar-refractivity contribution < 1.29 is 14.7 Å². The molecule has 5 aliphatic rings. The van der Waals surface area contributed by atoms with Gasteiger partial charge in [-0.1, -0.05) is 37.1 Å². The molecule has 0 spiro atoms. The van der Waals surface area contributed by atoms with Gasteiger partial charge >= 0.3 is 0 Å². The van der Waals surface area contributed by atoms with E-state index < -0.39 is 0 Å². The summed E-state index contributed by atoms with van der Waals surface area (Å²) >= 11 is 0. The standard InChI is InChI=1S/C45H53N11O3/c1-51(2)44(59)39-27-33-28-47-45(50-42(33)56(39)36-5-3-4-6-36)48-40-17-15-37(29-46-40)55-21-19-52(20-22-55)30-31-7-11-34(12-8-31)53-23-25-54(26-24-53)35-13-9-32(10-14-35)38-16-18-41(57)49-43(38)58/h7-15,17,27-29,36,38,59H,3-6,16,18-26,30H2,1-2H3,(H,49,57,58)/p-1/b44-39-,48-45?. The number of anilines is 3. The molecular formula is C45H52N11O3-. The van der Waals surface area contributed by atoms with Gasteiger partial charge < -0.3 is 29.3 Å². The molecule has 1 aliphatic carbocycles. The number of hydrogen-bond donors (Lipinski definition) is 1. The molecule has 4 aliphatic heterocycles. The number of guanidine groups is 1. The Bertz CT molecular complexity index is 2350. The number of fused-ring (bicyclic) bond motifs is 1. The van der Waals surface area contributed by atoms with E-state index in [1.54, 1.807) is 25.2 Å². The van der Waals surface area contributed by atoms with Crippen LogP contribution in [0, 0.1) is 0 Å². The first-order valence-corrected chi connectivity index (χ1v) is 21.0. The van der Waals surface area contributed by atoms with E-state index in [4.69, 9.17) is 4.99 Å². The van der Waals surface area contributed by atoms with E-state index >= 15 is 0 Å². The molecular weight excluding hydrogens is 743 g/mol. The maximum atomic E-state index is 13.1. The van der Waals surface area contributed by atoms with E-state index in [1.807, 2.05) is 30.5 Å². The fourth-order valence-electron chi connectivity index (χ4n) is 9.10. The largest absolute Gasteiger partial charge is 0.859 e. The highest BCUT2D eigenvalue weighted by Crippen LogP contribution is 2.29. The van der Waals surface area contributed by atoms with Crippen molar-refractivity contribution in [3.8, 4) is 0 Å². The van der Waals surface area contributed by atoms with Crippen LogP contribution in [0.15, 0.2) is 87.9 Å². The fourth-order valence-corrected chi connectivity index (χ4v) is 9.10. The number of rotatable bonds is 9. The second-order valence-corrected chi connectivity index (χ2v) is 16.5. The van der Waals surface area contributed by atoms with Gasteiger partial charge in [-0.25, -0.2) is 9.98 Å². The predicted molar refractivity (Wildman–Crippen MR) is 229 cm³/mol. The molecule has 1 atom stereocenters. The number of aromatic nitrogens is 2. The monoisotopic (exact) mass is 794 g/mol. The molecule has 0 bridgehead atoms. The van der Waals surface area contributed by atoms with Crippen molar-refractivity contribution in [2.24, 2.45) is 15.0 Å². The molecule has 9 rings (SSSR count). The SMILES string of the molecule is CN(C)/C([O-])=c1\cc2c(n1C1CCCC1)=NC(=Nc1ccc(N3CCN(Cc4ccc(N5CCN(c6ccc(C7CCC(=O)NC7=O)cc6)CC5)cc4)CC3)cn1)N=C2. The molecule has 4 fully saturated rings. The summed E-state index contributed by atoms with van der Waals surface area (Å²) in [5.41, 5.74) is 7.39. The number of benzene rings is 2. The topological polar surface area (TPSA) is 140 Å². The third-order valence-corrected chi connectivity index (χ3v) is 12.4. The van der Waals surface area contributed by atoms with Crippen molar-refractivity contribution in [1.82, 2.24) is 24.7 Å². The minimum Gasteiger partial charge on any atom is -0.859 e. The van der Waals surface area contributed by atoms with Crippen LogP contribution in [0.3, 0.4) is 0 Å². The van der Waals surface area contributed by atoms with Gasteiger partial charge in [0.15, 0.2) is 5.82 Å². The Morgan fingerprint density at radius 1 is 0.814 bits per heavy atom. The minimum absolute atomic E-state index is 0.0287. The molecule has 14 heteroatoms. The second-order valence-electron chi connectivity index (χ2n) is 16.5. The van der Waals surface area contributed by atoms with Gasteiger partial charge in [-0.2, -0.15) is 9.98 Å². The zero-order valence-electron chi connectivity index (χ0n) is 34.0. The zero-order valence-corrected chi connectivity index (χ0v) is 34.0. The van der Waals surface area contributed by atoms with Gasteiger partial charge in [0.25, 0.3) is 5.96 Å². The van der Waals surface area contributed by atoms with Gasteiger partial charge in [-0.15, -0.1) is 0 Å². The van der Waals surface area contributed by atoms with Crippen molar-refractivity contribution in [2.75, 3.05) is 81.2 Å². The maximum absolute atomic E-state index is 13.1. The molecule has 4 aromatic rings. The van der Waals surface area contributed by atoms with Crippen LogP contribution in [0.2, 0.25) is 0 Å². The fraction of sp³-hybridized carbons (Fsp3) is 0.422. The molecule has 59 heavy (non-hydrogen) atoms. The molecule has 1 unspecified atom stereocenters. The molecule has 2 amide bonds. The van der Waals surface area contributed by atoms with E-state index in [0.717, 1.165) is 107 Å². The highest BCUT2D eigenvalue weighted by Gasteiger charge is 2.28. The van der Waals surface area contributed by atoms with Crippen LogP contribution in [0.1, 0.15) is 67.2 Å². The first-order valence-electron chi connectivity index (χ1n) is 21.0. The molecule has 0 radical (unpaired) electrons. The molecule has 2 aromatic carbocycles. The Morgan fingerprint density at radius 3 is 2.07 bits per heavy atom. The van der Waals surface area contributed by atoms with Crippen molar-refractivity contribution >= 4 is 52.8 Å². The maximum Gasteiger partial charge on any atom is 0.253 e. The Hall–Kier alpha value is -6.02. The number of carbonyl (C=O) groups excluding carboxylic acids is 2. The number of hydrogen-bond acceptors (Lipinski definition) is 10. The second kappa shape index (κ2) is 16.7. The van der Waals surface area contributed by atoms with Crippen molar-refractivity contribution in [1.29, 1.82) is 0 Å². The third-order valence-electron chi connectivity index (χ3n) is 12.4. The summed E-state index contributed by atoms with van der Waals surface area (Å²) in [7, 11) is 3.56. The van der Waals surface area contributed by atoms with Crippen LogP contribution < -0.4 is 36.0 Å². The molecule has 3 saturated heterocycles. The minimum atomic E-state index is -0.251. The van der Waals surface area contributed by atoms with Crippen LogP contribution in [0.25, 0.3) is 5.88 Å². The van der Waals surface area contributed by atoms with Crippen LogP contribution in [0.5, 0.6) is 0 Å². The highest BCUT2D eigenvalue weighted by molar-refractivity contribution is 6.01. The number of aliphatic imine (C=N–C) groups is 2. The molecule has 306 valence electrons. The third kappa shape index (κ3) is 8.31. The normalized spacial score (nSPS) is 21.4. The summed E-state index contributed by atoms with van der Waals surface area (Å²) < 4.78 is 2.11. The van der Waals surface area contributed by atoms with Gasteiger partial charge in [0.2, 0.25) is 11.8 Å². The smallest absolute Gasteiger partial charge is 0.253 e. The first-order chi connectivity index (χ1) is 28.8. The average Bonchev–Trinajstić information content (AvgIpc) is 3.93. The van der Waals surface area contributed by atoms with E-state index in [1.165, 1.54) is 16.9 Å². The van der Waals surface area contributed by atoms with E-state index in [9.17, 15) is 14.7 Å². The van der Waals surface area contributed by atoms with E-state index in [0.29, 0.717) is 30.0 Å². The Balaban J connectivity index is 0.757. The Labute approximate surface area is 344 Å². The van der Waals surface area contributed by atoms with Gasteiger partial charge in [0, 0.05) is 109 Å².